The van der Waals surface area contributed by atoms with Gasteiger partial charge in [0.25, 0.3) is 0 Å². The lowest BCUT2D eigenvalue weighted by atomic mass is 9.92. The molecule has 1 saturated carbocycles. The maximum atomic E-state index is 10.8. The molecule has 0 saturated heterocycles. The van der Waals surface area contributed by atoms with Gasteiger partial charge in [-0.2, -0.15) is 0 Å². The third kappa shape index (κ3) is 1.40. The second kappa shape index (κ2) is 3.11. The third-order valence-electron chi connectivity index (χ3n) is 3.51. The van der Waals surface area contributed by atoms with Gasteiger partial charge in [0.2, 0.25) is 0 Å². The fraction of sp³-hybridized carbons (Fsp3) is 0.308. The molecule has 3 heteroatoms. The molecule has 0 unspecified atom stereocenters. The number of carboxylic acid groups (broad SMARTS) is 1. The molecule has 2 N–H and O–H groups in total. The molecule has 0 bridgehead atoms. The van der Waals surface area contributed by atoms with Crippen molar-refractivity contribution in [1.29, 1.82) is 0 Å². The number of H-pyrrole nitrogens is 1. The lowest BCUT2D eigenvalue weighted by Crippen LogP contribution is -2.12. The van der Waals surface area contributed by atoms with Crippen molar-refractivity contribution >= 4 is 16.9 Å². The van der Waals surface area contributed by atoms with E-state index in [1.807, 2.05) is 12.3 Å². The number of carbonyl (C=O) groups is 1. The third-order valence-corrected chi connectivity index (χ3v) is 3.51. The van der Waals surface area contributed by atoms with E-state index in [0.29, 0.717) is 0 Å². The fourth-order valence-electron chi connectivity index (χ4n) is 2.39. The average molecular weight is 215 g/mol. The van der Waals surface area contributed by atoms with E-state index in [0.717, 1.165) is 23.9 Å². The normalized spacial score (nSPS) is 17.5. The van der Waals surface area contributed by atoms with Gasteiger partial charge in [0.15, 0.2) is 0 Å². The number of aromatic nitrogens is 1. The summed E-state index contributed by atoms with van der Waals surface area (Å²) in [6.45, 7) is 0. The average Bonchev–Trinajstić information content (AvgIpc) is 2.87. The molecule has 0 radical (unpaired) electrons. The Kier molecular flexibility index (Phi) is 1.84. The highest BCUT2D eigenvalue weighted by Gasteiger charge is 2.45. The number of carboxylic acids is 1. The largest absolute Gasteiger partial charge is 0.481 e. The van der Waals surface area contributed by atoms with Gasteiger partial charge in [-0.1, -0.05) is 12.1 Å². The van der Waals surface area contributed by atoms with Crippen LogP contribution < -0.4 is 0 Å². The number of fused-ring (bicyclic) bond motifs is 1. The molecule has 1 aromatic heterocycles. The van der Waals surface area contributed by atoms with E-state index < -0.39 is 5.97 Å². The molecule has 0 amide bonds. The zero-order valence-electron chi connectivity index (χ0n) is 8.86. The number of hydrogen-bond acceptors (Lipinski definition) is 1. The lowest BCUT2D eigenvalue weighted by molar-refractivity contribution is -0.137. The molecule has 1 aromatic carbocycles. The number of nitrogens with one attached hydrogen (secondary N) is 1. The predicted octanol–water partition coefficient (Wildman–Crippen LogP) is 2.67. The molecule has 1 fully saturated rings. The molecule has 2 aromatic rings. The molecule has 0 spiro atoms. The van der Waals surface area contributed by atoms with Crippen molar-refractivity contribution in [2.24, 2.45) is 0 Å². The molecule has 3 nitrogen and oxygen atoms in total. The number of hydrogen-bond donors (Lipinski definition) is 2. The van der Waals surface area contributed by atoms with Crippen LogP contribution in [0.4, 0.5) is 0 Å². The molecule has 1 heterocycles. The minimum Gasteiger partial charge on any atom is -0.481 e. The Morgan fingerprint density at radius 3 is 2.88 bits per heavy atom. The maximum Gasteiger partial charge on any atom is 0.304 e. The first-order valence-corrected chi connectivity index (χ1v) is 5.49. The van der Waals surface area contributed by atoms with Crippen molar-refractivity contribution < 1.29 is 9.90 Å². The zero-order chi connectivity index (χ0) is 11.2. The van der Waals surface area contributed by atoms with Crippen LogP contribution in [0.15, 0.2) is 30.5 Å². The van der Waals surface area contributed by atoms with Crippen LogP contribution in [-0.4, -0.2) is 16.1 Å². The molecule has 0 atom stereocenters. The van der Waals surface area contributed by atoms with Crippen molar-refractivity contribution in [2.75, 3.05) is 0 Å². The molecule has 82 valence electrons. The topological polar surface area (TPSA) is 53.1 Å². The minimum absolute atomic E-state index is 0.0921. The number of aliphatic carboxylic acids is 1. The summed E-state index contributed by atoms with van der Waals surface area (Å²) in [5.74, 6) is -0.705. The summed E-state index contributed by atoms with van der Waals surface area (Å²) in [7, 11) is 0. The van der Waals surface area contributed by atoms with E-state index in [4.69, 9.17) is 5.11 Å². The molecule has 3 rings (SSSR count). The van der Waals surface area contributed by atoms with Crippen LogP contribution in [0.1, 0.15) is 24.8 Å². The van der Waals surface area contributed by atoms with Crippen LogP contribution in [0.2, 0.25) is 0 Å². The SMILES string of the molecule is O=C(O)CC1(c2ccc3cc[nH]c3c2)CC1. The van der Waals surface area contributed by atoms with Gasteiger partial charge >= 0.3 is 5.97 Å². The molecule has 1 aliphatic carbocycles. The highest BCUT2D eigenvalue weighted by Crippen LogP contribution is 2.51. The quantitative estimate of drug-likeness (QED) is 0.827. The number of rotatable bonds is 3. The van der Waals surface area contributed by atoms with Gasteiger partial charge in [-0.05, 0) is 35.9 Å². The Balaban J connectivity index is 2.02. The second-order valence-electron chi connectivity index (χ2n) is 4.63. The van der Waals surface area contributed by atoms with E-state index in [1.165, 1.54) is 5.39 Å². The van der Waals surface area contributed by atoms with Gasteiger partial charge in [-0.3, -0.25) is 4.79 Å². The first kappa shape index (κ1) is 9.46. The summed E-state index contributed by atoms with van der Waals surface area (Å²) in [4.78, 5) is 14.0. The first-order chi connectivity index (χ1) is 7.70. The van der Waals surface area contributed by atoms with E-state index in [2.05, 4.69) is 23.2 Å². The predicted molar refractivity (Wildman–Crippen MR) is 61.5 cm³/mol. The van der Waals surface area contributed by atoms with Crippen LogP contribution in [-0.2, 0) is 10.2 Å². The Hall–Kier alpha value is -1.77. The molecule has 1 aliphatic rings. The van der Waals surface area contributed by atoms with Crippen molar-refractivity contribution in [2.45, 2.75) is 24.7 Å². The zero-order valence-corrected chi connectivity index (χ0v) is 8.86. The minimum atomic E-state index is -0.705. The van der Waals surface area contributed by atoms with Gasteiger partial charge in [-0.25, -0.2) is 0 Å². The van der Waals surface area contributed by atoms with Crippen molar-refractivity contribution in [3.05, 3.63) is 36.0 Å². The van der Waals surface area contributed by atoms with E-state index >= 15 is 0 Å². The smallest absolute Gasteiger partial charge is 0.304 e. The monoisotopic (exact) mass is 215 g/mol. The standard InChI is InChI=1S/C13H13NO2/c15-12(16)8-13(4-5-13)10-2-1-9-3-6-14-11(9)7-10/h1-3,6-7,14H,4-5,8H2,(H,15,16). The summed E-state index contributed by atoms with van der Waals surface area (Å²) in [5.41, 5.74) is 2.16. The molecular formula is C13H13NO2. The molecule has 0 aliphatic heterocycles. The summed E-state index contributed by atoms with van der Waals surface area (Å²) in [6.07, 6.45) is 4.14. The van der Waals surface area contributed by atoms with Crippen molar-refractivity contribution in [3.63, 3.8) is 0 Å². The fourth-order valence-corrected chi connectivity index (χ4v) is 2.39. The van der Waals surface area contributed by atoms with Crippen LogP contribution >= 0.6 is 0 Å². The van der Waals surface area contributed by atoms with Gasteiger partial charge < -0.3 is 10.1 Å². The van der Waals surface area contributed by atoms with E-state index in [1.54, 1.807) is 0 Å². The van der Waals surface area contributed by atoms with Crippen LogP contribution in [0, 0.1) is 0 Å². The molecular weight excluding hydrogens is 202 g/mol. The highest BCUT2D eigenvalue weighted by molar-refractivity contribution is 5.81. The van der Waals surface area contributed by atoms with Crippen molar-refractivity contribution in [1.82, 2.24) is 4.98 Å². The van der Waals surface area contributed by atoms with Crippen LogP contribution in [0.3, 0.4) is 0 Å². The first-order valence-electron chi connectivity index (χ1n) is 5.49. The Bertz CT molecular complexity index is 552. The Morgan fingerprint density at radius 2 is 2.19 bits per heavy atom. The number of benzene rings is 1. The van der Waals surface area contributed by atoms with Crippen LogP contribution in [0.25, 0.3) is 10.9 Å². The maximum absolute atomic E-state index is 10.8. The van der Waals surface area contributed by atoms with E-state index in [-0.39, 0.29) is 11.8 Å². The van der Waals surface area contributed by atoms with Crippen LogP contribution in [0.5, 0.6) is 0 Å². The Morgan fingerprint density at radius 1 is 1.38 bits per heavy atom. The van der Waals surface area contributed by atoms with E-state index in [9.17, 15) is 4.79 Å². The van der Waals surface area contributed by atoms with Gasteiger partial charge in [0.1, 0.15) is 0 Å². The summed E-state index contributed by atoms with van der Waals surface area (Å²) < 4.78 is 0. The van der Waals surface area contributed by atoms with Crippen molar-refractivity contribution in [3.8, 4) is 0 Å². The highest BCUT2D eigenvalue weighted by atomic mass is 16.4. The number of aromatic amines is 1. The lowest BCUT2D eigenvalue weighted by Gasteiger charge is -2.12. The van der Waals surface area contributed by atoms with Gasteiger partial charge in [0, 0.05) is 17.1 Å². The summed E-state index contributed by atoms with van der Waals surface area (Å²) in [6, 6.07) is 8.23. The summed E-state index contributed by atoms with van der Waals surface area (Å²) >= 11 is 0. The van der Waals surface area contributed by atoms with Gasteiger partial charge in [0.05, 0.1) is 6.42 Å². The molecule has 16 heavy (non-hydrogen) atoms. The van der Waals surface area contributed by atoms with Gasteiger partial charge in [-0.15, -0.1) is 0 Å². The summed E-state index contributed by atoms with van der Waals surface area (Å²) in [5, 5.41) is 10.1. The Labute approximate surface area is 93.1 Å². The second-order valence-corrected chi connectivity index (χ2v) is 4.63.